The molecule has 0 fully saturated rings. The monoisotopic (exact) mass is 368 g/mol. The summed E-state index contributed by atoms with van der Waals surface area (Å²) in [4.78, 5) is 24.1. The lowest BCUT2D eigenvalue weighted by atomic mass is 9.88. The van der Waals surface area contributed by atoms with Gasteiger partial charge in [0.25, 0.3) is 6.47 Å². The molecular weight excluding hydrogens is 348 g/mol. The van der Waals surface area contributed by atoms with Crippen LogP contribution in [0.25, 0.3) is 10.9 Å². The van der Waals surface area contributed by atoms with E-state index in [1.165, 1.54) is 0 Å². The summed E-state index contributed by atoms with van der Waals surface area (Å²) in [6.45, 7) is -0.0629. The van der Waals surface area contributed by atoms with Crippen LogP contribution >= 0.6 is 0 Å². The second-order valence-corrected chi connectivity index (χ2v) is 5.98. The van der Waals surface area contributed by atoms with Crippen LogP contribution in [0.2, 0.25) is 0 Å². The number of aromatic amines is 1. The van der Waals surface area contributed by atoms with Crippen molar-refractivity contribution in [3.8, 4) is 5.75 Å². The molecular formula is C20H20N2O5. The summed E-state index contributed by atoms with van der Waals surface area (Å²) in [6, 6.07) is 15.6. The Balaban J connectivity index is 0.000000659. The Morgan fingerprint density at radius 3 is 2.63 bits per heavy atom. The number of carbonyl (C=O) groups is 2. The Bertz CT molecular complexity index is 950. The largest absolute Gasteiger partial charge is 0.491 e. The van der Waals surface area contributed by atoms with Crippen molar-refractivity contribution in [2.45, 2.75) is 12.3 Å². The molecule has 27 heavy (non-hydrogen) atoms. The van der Waals surface area contributed by atoms with Gasteiger partial charge >= 0.3 is 0 Å². The van der Waals surface area contributed by atoms with Gasteiger partial charge in [0.05, 0.1) is 12.3 Å². The van der Waals surface area contributed by atoms with E-state index in [1.54, 1.807) is 0 Å². The molecule has 0 saturated heterocycles. The Hall–Kier alpha value is -3.32. The number of H-pyrrole nitrogens is 1. The fraction of sp³-hybridized carbons (Fsp3) is 0.200. The van der Waals surface area contributed by atoms with Crippen molar-refractivity contribution in [3.63, 3.8) is 0 Å². The minimum absolute atomic E-state index is 0.00536. The number of amides is 1. The van der Waals surface area contributed by atoms with Crippen molar-refractivity contribution in [1.82, 2.24) is 4.98 Å². The number of aliphatic hydroxyl groups excluding tert-OH is 1. The summed E-state index contributed by atoms with van der Waals surface area (Å²) in [5, 5.41) is 19.9. The van der Waals surface area contributed by atoms with E-state index in [9.17, 15) is 4.79 Å². The number of hydrogen-bond donors (Lipinski definition) is 4. The Labute approximate surface area is 155 Å². The molecule has 0 spiro atoms. The molecule has 3 aromatic rings. The van der Waals surface area contributed by atoms with Gasteiger partial charge in [-0.1, -0.05) is 36.4 Å². The number of aromatic nitrogens is 1. The van der Waals surface area contributed by atoms with Crippen LogP contribution in [0.3, 0.4) is 0 Å². The molecule has 1 aliphatic rings. The van der Waals surface area contributed by atoms with Gasteiger partial charge in [-0.25, -0.2) is 0 Å². The molecule has 1 unspecified atom stereocenters. The number of hydrogen-bond acceptors (Lipinski definition) is 4. The highest BCUT2D eigenvalue weighted by molar-refractivity contribution is 6.06. The highest BCUT2D eigenvalue weighted by Crippen LogP contribution is 2.43. The van der Waals surface area contributed by atoms with Crippen LogP contribution in [0.4, 0.5) is 5.69 Å². The van der Waals surface area contributed by atoms with Crippen LogP contribution in [-0.2, 0) is 9.59 Å². The molecule has 1 aromatic heterocycles. The third-order valence-electron chi connectivity index (χ3n) is 4.38. The smallest absolute Gasteiger partial charge is 0.290 e. The minimum atomic E-state index is -0.250. The van der Waals surface area contributed by atoms with E-state index in [0.29, 0.717) is 12.2 Å². The quantitative estimate of drug-likeness (QED) is 0.529. The summed E-state index contributed by atoms with van der Waals surface area (Å²) >= 11 is 0. The lowest BCUT2D eigenvalue weighted by Gasteiger charge is -2.25. The van der Waals surface area contributed by atoms with Gasteiger partial charge in [0.1, 0.15) is 12.4 Å². The molecule has 4 rings (SSSR count). The molecule has 2 aromatic carbocycles. The highest BCUT2D eigenvalue weighted by Gasteiger charge is 2.31. The van der Waals surface area contributed by atoms with Crippen LogP contribution < -0.4 is 10.1 Å². The topological polar surface area (TPSA) is 112 Å². The first-order valence-electron chi connectivity index (χ1n) is 8.50. The van der Waals surface area contributed by atoms with E-state index in [-0.39, 0.29) is 31.5 Å². The molecule has 4 N–H and O–H groups in total. The van der Waals surface area contributed by atoms with Gasteiger partial charge in [-0.05, 0) is 12.1 Å². The summed E-state index contributed by atoms with van der Waals surface area (Å²) in [5.41, 5.74) is 3.80. The summed E-state index contributed by atoms with van der Waals surface area (Å²) in [5.74, 6) is 0.598. The number of carbonyl (C=O) groups excluding carboxylic acids is 1. The maximum atomic E-state index is 12.3. The molecule has 2 heterocycles. The minimum Gasteiger partial charge on any atom is -0.491 e. The zero-order valence-electron chi connectivity index (χ0n) is 14.5. The molecule has 1 aliphatic heterocycles. The van der Waals surface area contributed by atoms with Crippen LogP contribution in [0, 0.1) is 0 Å². The Morgan fingerprint density at radius 2 is 1.85 bits per heavy atom. The lowest BCUT2D eigenvalue weighted by Crippen LogP contribution is -2.23. The van der Waals surface area contributed by atoms with Crippen molar-refractivity contribution in [3.05, 3.63) is 59.8 Å². The second kappa shape index (κ2) is 8.37. The van der Waals surface area contributed by atoms with E-state index in [1.807, 2.05) is 48.5 Å². The standard InChI is InChI=1S/C19H18N2O3.CH2O2/c22-9-10-24-16-8-4-2-5-12(16)14-11-17(23)21-18-13-6-1-3-7-15(13)20-19(14)18;2-1-3/h1-8,14,20,22H,9-11H2,(H,21,23);1H,(H,2,3). The average molecular weight is 368 g/mol. The first kappa shape index (κ1) is 18.5. The molecule has 1 atom stereocenters. The van der Waals surface area contributed by atoms with Gasteiger partial charge in [0, 0.05) is 34.5 Å². The number of nitrogens with one attached hydrogen (secondary N) is 2. The SMILES string of the molecule is O=C1CC(c2ccccc2OCCO)c2[nH]c3ccccc3c2N1.O=CO. The van der Waals surface area contributed by atoms with E-state index in [4.69, 9.17) is 19.7 Å². The third kappa shape index (κ3) is 3.78. The molecule has 0 bridgehead atoms. The molecule has 7 heteroatoms. The van der Waals surface area contributed by atoms with Gasteiger partial charge in [0.2, 0.25) is 5.91 Å². The molecule has 0 aliphatic carbocycles. The molecule has 0 radical (unpaired) electrons. The van der Waals surface area contributed by atoms with Crippen molar-refractivity contribution in [2.24, 2.45) is 0 Å². The van der Waals surface area contributed by atoms with Gasteiger partial charge in [-0.2, -0.15) is 0 Å². The number of anilines is 1. The average Bonchev–Trinajstić information content (AvgIpc) is 3.05. The van der Waals surface area contributed by atoms with Crippen molar-refractivity contribution >= 4 is 29.0 Å². The van der Waals surface area contributed by atoms with Crippen molar-refractivity contribution in [2.75, 3.05) is 18.5 Å². The van der Waals surface area contributed by atoms with Gasteiger partial charge in [0.15, 0.2) is 0 Å². The van der Waals surface area contributed by atoms with Crippen molar-refractivity contribution in [1.29, 1.82) is 0 Å². The second-order valence-electron chi connectivity index (χ2n) is 5.98. The number of benzene rings is 2. The summed E-state index contributed by atoms with van der Waals surface area (Å²) in [7, 11) is 0. The van der Waals surface area contributed by atoms with E-state index >= 15 is 0 Å². The lowest BCUT2D eigenvalue weighted by molar-refractivity contribution is -0.123. The van der Waals surface area contributed by atoms with Crippen LogP contribution in [0.5, 0.6) is 5.75 Å². The summed E-state index contributed by atoms with van der Waals surface area (Å²) < 4.78 is 5.67. The first-order valence-corrected chi connectivity index (χ1v) is 8.50. The number of ether oxygens (including phenoxy) is 1. The fourth-order valence-corrected chi connectivity index (χ4v) is 3.36. The van der Waals surface area contributed by atoms with Gasteiger partial charge in [-0.15, -0.1) is 0 Å². The van der Waals surface area contributed by atoms with E-state index < -0.39 is 0 Å². The van der Waals surface area contributed by atoms with Gasteiger partial charge < -0.3 is 25.3 Å². The highest BCUT2D eigenvalue weighted by atomic mass is 16.5. The predicted octanol–water partition coefficient (Wildman–Crippen LogP) is 2.71. The van der Waals surface area contributed by atoms with E-state index in [2.05, 4.69) is 10.3 Å². The maximum Gasteiger partial charge on any atom is 0.290 e. The molecule has 0 saturated carbocycles. The van der Waals surface area contributed by atoms with E-state index in [0.717, 1.165) is 27.8 Å². The normalized spacial score (nSPS) is 15.3. The first-order chi connectivity index (χ1) is 13.2. The number of rotatable bonds is 4. The molecule has 7 nitrogen and oxygen atoms in total. The van der Waals surface area contributed by atoms with Crippen LogP contribution in [-0.4, -0.2) is 40.8 Å². The predicted molar refractivity (Wildman–Crippen MR) is 101 cm³/mol. The van der Waals surface area contributed by atoms with Crippen LogP contribution in [0.1, 0.15) is 23.6 Å². The number of aliphatic hydroxyl groups is 1. The number of carboxylic acid groups (broad SMARTS) is 1. The summed E-state index contributed by atoms with van der Waals surface area (Å²) in [6.07, 6.45) is 0.360. The zero-order chi connectivity index (χ0) is 19.2. The maximum absolute atomic E-state index is 12.3. The third-order valence-corrected chi connectivity index (χ3v) is 4.38. The molecule has 1 amide bonds. The Morgan fingerprint density at radius 1 is 1.15 bits per heavy atom. The Kier molecular flexibility index (Phi) is 5.73. The fourth-order valence-electron chi connectivity index (χ4n) is 3.36. The zero-order valence-corrected chi connectivity index (χ0v) is 14.5. The van der Waals surface area contributed by atoms with Crippen LogP contribution in [0.15, 0.2) is 48.5 Å². The molecule has 140 valence electrons. The van der Waals surface area contributed by atoms with Crippen molar-refractivity contribution < 1.29 is 24.5 Å². The number of fused-ring (bicyclic) bond motifs is 3. The van der Waals surface area contributed by atoms with Gasteiger partial charge in [-0.3, -0.25) is 9.59 Å². The number of para-hydroxylation sites is 2.